The van der Waals surface area contributed by atoms with Gasteiger partial charge in [0.05, 0.1) is 7.11 Å². The Bertz CT molecular complexity index is 543. The van der Waals surface area contributed by atoms with Crippen molar-refractivity contribution in [1.82, 2.24) is 10.6 Å². The van der Waals surface area contributed by atoms with Gasteiger partial charge in [-0.2, -0.15) is 0 Å². The second-order valence-electron chi connectivity index (χ2n) is 5.70. The Morgan fingerprint density at radius 3 is 2.17 bits per heavy atom. The lowest BCUT2D eigenvalue weighted by Crippen LogP contribution is -2.53. The van der Waals surface area contributed by atoms with Gasteiger partial charge in [0.1, 0.15) is 12.1 Å². The first-order valence-electron chi connectivity index (χ1n) is 7.54. The molecule has 0 aromatic heterocycles. The first-order chi connectivity index (χ1) is 10.8. The molecule has 0 bridgehead atoms. The molecule has 0 unspecified atom stereocenters. The maximum atomic E-state index is 12.5. The molecule has 2 atom stereocenters. The number of carbonyl (C=O) groups is 3. The standard InChI is InChI=1S/C17H24N2O4/c1-11(2)15(17(22)23-4)19-16(21)14(18-12(3)20)10-13-8-6-5-7-9-13/h5-9,11,14-15H,10H2,1-4H3,(H,18,20)(H,19,21)/t14-,15-/m0/s1. The van der Waals surface area contributed by atoms with E-state index in [0.29, 0.717) is 6.42 Å². The molecular weight excluding hydrogens is 296 g/mol. The molecule has 1 aromatic rings. The number of hydrogen-bond acceptors (Lipinski definition) is 4. The smallest absolute Gasteiger partial charge is 0.328 e. The molecule has 0 saturated heterocycles. The van der Waals surface area contributed by atoms with Gasteiger partial charge < -0.3 is 15.4 Å². The molecule has 1 rings (SSSR count). The van der Waals surface area contributed by atoms with Gasteiger partial charge in [0.15, 0.2) is 0 Å². The van der Waals surface area contributed by atoms with Crippen LogP contribution in [0.5, 0.6) is 0 Å². The molecule has 2 amide bonds. The van der Waals surface area contributed by atoms with Gasteiger partial charge in [0.2, 0.25) is 11.8 Å². The van der Waals surface area contributed by atoms with Crippen molar-refractivity contribution in [2.24, 2.45) is 5.92 Å². The number of carbonyl (C=O) groups excluding carboxylic acids is 3. The van der Waals surface area contributed by atoms with Crippen LogP contribution in [-0.2, 0) is 25.5 Å². The fourth-order valence-electron chi connectivity index (χ4n) is 2.18. The van der Waals surface area contributed by atoms with Crippen LogP contribution in [-0.4, -0.2) is 37.0 Å². The molecule has 23 heavy (non-hydrogen) atoms. The largest absolute Gasteiger partial charge is 0.467 e. The van der Waals surface area contributed by atoms with Gasteiger partial charge in [-0.25, -0.2) is 4.79 Å². The summed E-state index contributed by atoms with van der Waals surface area (Å²) < 4.78 is 4.71. The number of benzene rings is 1. The summed E-state index contributed by atoms with van der Waals surface area (Å²) in [6.45, 7) is 4.98. The lowest BCUT2D eigenvalue weighted by Gasteiger charge is -2.24. The molecule has 0 heterocycles. The van der Waals surface area contributed by atoms with Crippen LogP contribution in [0.15, 0.2) is 30.3 Å². The monoisotopic (exact) mass is 320 g/mol. The van der Waals surface area contributed by atoms with Crippen LogP contribution in [0.25, 0.3) is 0 Å². The number of ether oxygens (including phenoxy) is 1. The highest BCUT2D eigenvalue weighted by Gasteiger charge is 2.28. The van der Waals surface area contributed by atoms with Gasteiger partial charge in [-0.05, 0) is 11.5 Å². The molecule has 6 heteroatoms. The van der Waals surface area contributed by atoms with Crippen LogP contribution in [0.3, 0.4) is 0 Å². The molecule has 126 valence electrons. The van der Waals surface area contributed by atoms with Gasteiger partial charge in [0, 0.05) is 13.3 Å². The van der Waals surface area contributed by atoms with E-state index < -0.39 is 24.0 Å². The van der Waals surface area contributed by atoms with E-state index in [0.717, 1.165) is 5.56 Å². The van der Waals surface area contributed by atoms with E-state index in [9.17, 15) is 14.4 Å². The summed E-state index contributed by atoms with van der Waals surface area (Å²) in [5.74, 6) is -1.34. The maximum absolute atomic E-state index is 12.5. The van der Waals surface area contributed by atoms with Crippen LogP contribution >= 0.6 is 0 Å². The van der Waals surface area contributed by atoms with E-state index in [-0.39, 0.29) is 11.8 Å². The minimum absolute atomic E-state index is 0.124. The fourth-order valence-corrected chi connectivity index (χ4v) is 2.18. The average molecular weight is 320 g/mol. The highest BCUT2D eigenvalue weighted by molar-refractivity contribution is 5.90. The Hall–Kier alpha value is -2.37. The molecule has 0 aliphatic rings. The van der Waals surface area contributed by atoms with Crippen molar-refractivity contribution in [1.29, 1.82) is 0 Å². The summed E-state index contributed by atoms with van der Waals surface area (Å²) >= 11 is 0. The van der Waals surface area contributed by atoms with Gasteiger partial charge in [0.25, 0.3) is 0 Å². The predicted octanol–water partition coefficient (Wildman–Crippen LogP) is 1.05. The summed E-state index contributed by atoms with van der Waals surface area (Å²) in [4.78, 5) is 35.6. The highest BCUT2D eigenvalue weighted by Crippen LogP contribution is 2.07. The van der Waals surface area contributed by atoms with Crippen molar-refractivity contribution in [3.63, 3.8) is 0 Å². The van der Waals surface area contributed by atoms with Crippen molar-refractivity contribution in [3.05, 3.63) is 35.9 Å². The molecule has 0 aliphatic heterocycles. The zero-order chi connectivity index (χ0) is 17.4. The highest BCUT2D eigenvalue weighted by atomic mass is 16.5. The van der Waals surface area contributed by atoms with Crippen LogP contribution in [0.2, 0.25) is 0 Å². The number of rotatable bonds is 7. The molecule has 0 spiro atoms. The van der Waals surface area contributed by atoms with Crippen molar-refractivity contribution in [2.45, 2.75) is 39.3 Å². The predicted molar refractivity (Wildman–Crippen MR) is 86.5 cm³/mol. The zero-order valence-electron chi connectivity index (χ0n) is 14.0. The van der Waals surface area contributed by atoms with Gasteiger partial charge in [-0.1, -0.05) is 44.2 Å². The van der Waals surface area contributed by atoms with Crippen LogP contribution < -0.4 is 10.6 Å². The third-order valence-electron chi connectivity index (χ3n) is 3.40. The van der Waals surface area contributed by atoms with E-state index in [1.165, 1.54) is 14.0 Å². The summed E-state index contributed by atoms with van der Waals surface area (Å²) in [6, 6.07) is 7.86. The quantitative estimate of drug-likeness (QED) is 0.736. The van der Waals surface area contributed by atoms with Crippen molar-refractivity contribution < 1.29 is 19.1 Å². The topological polar surface area (TPSA) is 84.5 Å². The normalized spacial score (nSPS) is 13.1. The average Bonchev–Trinajstić information content (AvgIpc) is 2.51. The zero-order valence-corrected chi connectivity index (χ0v) is 14.0. The van der Waals surface area contributed by atoms with Crippen LogP contribution in [0.4, 0.5) is 0 Å². The van der Waals surface area contributed by atoms with Crippen molar-refractivity contribution in [3.8, 4) is 0 Å². The van der Waals surface area contributed by atoms with E-state index >= 15 is 0 Å². The first-order valence-corrected chi connectivity index (χ1v) is 7.54. The van der Waals surface area contributed by atoms with Gasteiger partial charge in [-0.15, -0.1) is 0 Å². The van der Waals surface area contributed by atoms with E-state index in [2.05, 4.69) is 10.6 Å². The lowest BCUT2D eigenvalue weighted by atomic mass is 10.0. The molecule has 0 radical (unpaired) electrons. The minimum Gasteiger partial charge on any atom is -0.467 e. The summed E-state index contributed by atoms with van der Waals surface area (Å²) in [5, 5.41) is 5.29. The molecule has 0 aliphatic carbocycles. The molecule has 0 fully saturated rings. The van der Waals surface area contributed by atoms with Crippen molar-refractivity contribution in [2.75, 3.05) is 7.11 Å². The Balaban J connectivity index is 2.86. The number of methoxy groups -OCH3 is 1. The van der Waals surface area contributed by atoms with Crippen LogP contribution in [0.1, 0.15) is 26.3 Å². The summed E-state index contributed by atoms with van der Waals surface area (Å²) in [6.07, 6.45) is 0.345. The Morgan fingerprint density at radius 2 is 1.70 bits per heavy atom. The lowest BCUT2D eigenvalue weighted by molar-refractivity contribution is -0.146. The summed E-state index contributed by atoms with van der Waals surface area (Å²) in [7, 11) is 1.28. The minimum atomic E-state index is -0.750. The van der Waals surface area contributed by atoms with Crippen molar-refractivity contribution >= 4 is 17.8 Å². The molecular formula is C17H24N2O4. The maximum Gasteiger partial charge on any atom is 0.328 e. The third-order valence-corrected chi connectivity index (χ3v) is 3.40. The van der Waals surface area contributed by atoms with E-state index in [4.69, 9.17) is 4.74 Å². The third kappa shape index (κ3) is 6.10. The Morgan fingerprint density at radius 1 is 1.09 bits per heavy atom. The number of esters is 1. The Kier molecular flexibility index (Phi) is 7.25. The molecule has 6 nitrogen and oxygen atoms in total. The summed E-state index contributed by atoms with van der Waals surface area (Å²) in [5.41, 5.74) is 0.917. The second kappa shape index (κ2) is 8.92. The SMILES string of the molecule is COC(=O)[C@@H](NC(=O)[C@H](Cc1ccccc1)NC(C)=O)C(C)C. The molecule has 2 N–H and O–H groups in total. The van der Waals surface area contributed by atoms with Gasteiger partial charge in [-0.3, -0.25) is 9.59 Å². The number of amides is 2. The first kappa shape index (κ1) is 18.7. The van der Waals surface area contributed by atoms with Gasteiger partial charge >= 0.3 is 5.97 Å². The van der Waals surface area contributed by atoms with E-state index in [1.54, 1.807) is 0 Å². The van der Waals surface area contributed by atoms with E-state index in [1.807, 2.05) is 44.2 Å². The molecule has 0 saturated carbocycles. The second-order valence-corrected chi connectivity index (χ2v) is 5.70. The fraction of sp³-hybridized carbons (Fsp3) is 0.471. The number of hydrogen-bond donors (Lipinski definition) is 2. The van der Waals surface area contributed by atoms with Crippen LogP contribution in [0, 0.1) is 5.92 Å². The Labute approximate surface area is 136 Å². The number of nitrogens with one attached hydrogen (secondary N) is 2. The molecule has 1 aromatic carbocycles.